The molecule has 6 rings (SSSR count). The Balaban J connectivity index is 1.52. The summed E-state index contributed by atoms with van der Waals surface area (Å²) in [6, 6.07) is 25.4. The standard InChI is InChI=1S/C36H32N4O5S/c1-22(2)21-45-35(43)30-23(3)37-36-40(32(30)25-15-17-26(18-16-25)34(42)44-4)33(41)29(46-36)19-27-20-39(28-13-9-6-10-14-28)38-31(27)24-11-7-5-8-12-24/h5-20,22,32H,21H2,1-4H3. The van der Waals surface area contributed by atoms with Gasteiger partial charge < -0.3 is 9.47 Å². The summed E-state index contributed by atoms with van der Waals surface area (Å²) in [6.45, 7) is 5.88. The van der Waals surface area contributed by atoms with Crippen LogP contribution in [0.4, 0.5) is 0 Å². The number of hydrogen-bond donors (Lipinski definition) is 0. The van der Waals surface area contributed by atoms with E-state index in [1.54, 1.807) is 35.9 Å². The number of rotatable bonds is 8. The lowest BCUT2D eigenvalue weighted by Crippen LogP contribution is -2.40. The quantitative estimate of drug-likeness (QED) is 0.221. The summed E-state index contributed by atoms with van der Waals surface area (Å²) in [5.74, 6) is -0.898. The topological polar surface area (TPSA) is 105 Å². The fourth-order valence-corrected chi connectivity index (χ4v) is 6.34. The zero-order valence-electron chi connectivity index (χ0n) is 25.8. The van der Waals surface area contributed by atoms with Crippen molar-refractivity contribution >= 4 is 29.4 Å². The highest BCUT2D eigenvalue weighted by molar-refractivity contribution is 7.07. The highest BCUT2D eigenvalue weighted by Gasteiger charge is 2.33. The van der Waals surface area contributed by atoms with Gasteiger partial charge in [0.05, 0.1) is 52.5 Å². The molecule has 1 aliphatic rings. The number of methoxy groups -OCH3 is 1. The molecule has 0 amide bonds. The number of hydrogen-bond acceptors (Lipinski definition) is 8. The predicted molar refractivity (Wildman–Crippen MR) is 176 cm³/mol. The largest absolute Gasteiger partial charge is 0.465 e. The van der Waals surface area contributed by atoms with Gasteiger partial charge in [-0.25, -0.2) is 19.3 Å². The van der Waals surface area contributed by atoms with Crippen LogP contribution < -0.4 is 14.9 Å². The van der Waals surface area contributed by atoms with E-state index >= 15 is 0 Å². The molecule has 0 aliphatic carbocycles. The van der Waals surface area contributed by atoms with Crippen LogP contribution in [-0.2, 0) is 14.3 Å². The summed E-state index contributed by atoms with van der Waals surface area (Å²) in [5.41, 5.74) is 4.69. The molecular weight excluding hydrogens is 600 g/mol. The van der Waals surface area contributed by atoms with E-state index in [-0.39, 0.29) is 23.7 Å². The first-order chi connectivity index (χ1) is 22.2. The monoisotopic (exact) mass is 632 g/mol. The number of esters is 2. The molecule has 0 saturated heterocycles. The van der Waals surface area contributed by atoms with E-state index in [0.717, 1.165) is 22.5 Å². The molecule has 0 spiro atoms. The van der Waals surface area contributed by atoms with Crippen LogP contribution in [0.5, 0.6) is 0 Å². The Morgan fingerprint density at radius 3 is 2.28 bits per heavy atom. The molecule has 0 bridgehead atoms. The summed E-state index contributed by atoms with van der Waals surface area (Å²) in [7, 11) is 1.32. The molecule has 232 valence electrons. The normalized spacial score (nSPS) is 14.6. The Kier molecular flexibility index (Phi) is 8.63. The minimum absolute atomic E-state index is 0.124. The smallest absolute Gasteiger partial charge is 0.338 e. The van der Waals surface area contributed by atoms with Crippen LogP contribution in [0.3, 0.4) is 0 Å². The van der Waals surface area contributed by atoms with Gasteiger partial charge in [-0.1, -0.05) is 85.8 Å². The minimum atomic E-state index is -0.814. The summed E-state index contributed by atoms with van der Waals surface area (Å²) in [4.78, 5) is 45.1. The lowest BCUT2D eigenvalue weighted by molar-refractivity contribution is -0.140. The molecule has 0 radical (unpaired) electrons. The number of nitrogens with zero attached hydrogens (tertiary/aromatic N) is 4. The molecule has 1 aliphatic heterocycles. The first-order valence-corrected chi connectivity index (χ1v) is 15.6. The van der Waals surface area contributed by atoms with Gasteiger partial charge in [-0.2, -0.15) is 5.10 Å². The molecule has 0 saturated carbocycles. The third kappa shape index (κ3) is 5.99. The molecule has 3 heterocycles. The van der Waals surface area contributed by atoms with Crippen LogP contribution in [0.1, 0.15) is 48.3 Å². The maximum Gasteiger partial charge on any atom is 0.338 e. The Morgan fingerprint density at radius 1 is 0.957 bits per heavy atom. The molecular formula is C36H32N4O5S. The number of carbonyl (C=O) groups excluding carboxylic acids is 2. The second-order valence-corrected chi connectivity index (χ2v) is 12.3. The second-order valence-electron chi connectivity index (χ2n) is 11.3. The molecule has 5 aromatic rings. The minimum Gasteiger partial charge on any atom is -0.465 e. The molecule has 3 aromatic carbocycles. The number of aromatic nitrogens is 3. The van der Waals surface area contributed by atoms with Crippen molar-refractivity contribution in [1.82, 2.24) is 14.3 Å². The maximum absolute atomic E-state index is 14.3. The summed E-state index contributed by atoms with van der Waals surface area (Å²) < 4.78 is 14.3. The van der Waals surface area contributed by atoms with E-state index in [1.807, 2.05) is 86.8 Å². The third-order valence-corrected chi connectivity index (χ3v) is 8.52. The van der Waals surface area contributed by atoms with E-state index in [0.29, 0.717) is 26.2 Å². The molecule has 46 heavy (non-hydrogen) atoms. The van der Waals surface area contributed by atoms with Gasteiger partial charge in [0.15, 0.2) is 4.80 Å². The highest BCUT2D eigenvalue weighted by atomic mass is 32.1. The Morgan fingerprint density at radius 2 is 1.63 bits per heavy atom. The van der Waals surface area contributed by atoms with Crippen molar-refractivity contribution in [2.45, 2.75) is 26.8 Å². The summed E-state index contributed by atoms with van der Waals surface area (Å²) in [5, 5.41) is 4.88. The number of para-hydroxylation sites is 1. The second kappa shape index (κ2) is 12.9. The SMILES string of the molecule is COC(=O)c1ccc(C2C(C(=O)OCC(C)C)=C(C)N=c3sc(=Cc4cn(-c5ccccc5)nc4-c4ccccc4)c(=O)n32)cc1. The average molecular weight is 633 g/mol. The van der Waals surface area contributed by atoms with Crippen LogP contribution in [0, 0.1) is 5.92 Å². The van der Waals surface area contributed by atoms with Crippen LogP contribution in [0.25, 0.3) is 23.0 Å². The van der Waals surface area contributed by atoms with Crippen molar-refractivity contribution in [3.05, 3.63) is 139 Å². The fourth-order valence-electron chi connectivity index (χ4n) is 5.31. The van der Waals surface area contributed by atoms with Crippen molar-refractivity contribution in [2.24, 2.45) is 10.9 Å². The van der Waals surface area contributed by atoms with Crippen molar-refractivity contribution in [3.63, 3.8) is 0 Å². The van der Waals surface area contributed by atoms with Crippen LogP contribution in [-0.4, -0.2) is 40.0 Å². The lowest BCUT2D eigenvalue weighted by Gasteiger charge is -2.25. The Bertz CT molecular complexity index is 2130. The first kappa shape index (κ1) is 30.7. The van der Waals surface area contributed by atoms with Crippen LogP contribution >= 0.6 is 11.3 Å². The van der Waals surface area contributed by atoms with Gasteiger partial charge >= 0.3 is 11.9 Å². The van der Waals surface area contributed by atoms with Gasteiger partial charge in [0.25, 0.3) is 5.56 Å². The molecule has 2 aromatic heterocycles. The first-order valence-electron chi connectivity index (χ1n) is 14.8. The van der Waals surface area contributed by atoms with Crippen molar-refractivity contribution in [1.29, 1.82) is 0 Å². The van der Waals surface area contributed by atoms with Crippen molar-refractivity contribution in [3.8, 4) is 16.9 Å². The Labute approximate surface area is 269 Å². The summed E-state index contributed by atoms with van der Waals surface area (Å²) >= 11 is 1.24. The predicted octanol–water partition coefficient (Wildman–Crippen LogP) is 5.07. The van der Waals surface area contributed by atoms with Crippen LogP contribution in [0.2, 0.25) is 0 Å². The fraction of sp³-hybridized carbons (Fsp3) is 0.194. The number of thiazole rings is 1. The van der Waals surface area contributed by atoms with Gasteiger partial charge in [0.2, 0.25) is 0 Å². The number of ether oxygens (including phenoxy) is 2. The van der Waals surface area contributed by atoms with Gasteiger partial charge in [-0.05, 0) is 48.7 Å². The van der Waals surface area contributed by atoms with Crippen molar-refractivity contribution in [2.75, 3.05) is 13.7 Å². The highest BCUT2D eigenvalue weighted by Crippen LogP contribution is 2.31. The van der Waals surface area contributed by atoms with E-state index in [2.05, 4.69) is 0 Å². The van der Waals surface area contributed by atoms with E-state index in [1.165, 1.54) is 23.0 Å². The van der Waals surface area contributed by atoms with Gasteiger partial charge in [-0.3, -0.25) is 9.36 Å². The van der Waals surface area contributed by atoms with E-state index < -0.39 is 18.0 Å². The van der Waals surface area contributed by atoms with Gasteiger partial charge in [0.1, 0.15) is 0 Å². The number of allylic oxidation sites excluding steroid dienone is 1. The molecule has 1 unspecified atom stereocenters. The van der Waals surface area contributed by atoms with Gasteiger partial charge in [0, 0.05) is 17.3 Å². The lowest BCUT2D eigenvalue weighted by atomic mass is 9.95. The van der Waals surface area contributed by atoms with Crippen molar-refractivity contribution < 1.29 is 19.1 Å². The number of fused-ring (bicyclic) bond motifs is 1. The number of benzene rings is 3. The molecule has 0 fully saturated rings. The third-order valence-electron chi connectivity index (χ3n) is 7.53. The van der Waals surface area contributed by atoms with Crippen LogP contribution in [0.15, 0.2) is 112 Å². The molecule has 1 atom stereocenters. The maximum atomic E-state index is 14.3. The summed E-state index contributed by atoms with van der Waals surface area (Å²) in [6.07, 6.45) is 3.73. The number of carbonyl (C=O) groups is 2. The molecule has 9 nitrogen and oxygen atoms in total. The van der Waals surface area contributed by atoms with Gasteiger partial charge in [-0.15, -0.1) is 0 Å². The average Bonchev–Trinajstić information content (AvgIpc) is 3.64. The Hall–Kier alpha value is -5.35. The zero-order chi connectivity index (χ0) is 32.4. The van der Waals surface area contributed by atoms with E-state index in [9.17, 15) is 14.4 Å². The molecule has 0 N–H and O–H groups in total. The molecule has 10 heteroatoms. The zero-order valence-corrected chi connectivity index (χ0v) is 26.7. The van der Waals surface area contributed by atoms with E-state index in [4.69, 9.17) is 19.6 Å².